The van der Waals surface area contributed by atoms with Gasteiger partial charge in [0.1, 0.15) is 0 Å². The fraction of sp³-hybridized carbons (Fsp3) is 0.720. The summed E-state index contributed by atoms with van der Waals surface area (Å²) < 4.78 is 12.1. The zero-order valence-corrected chi connectivity index (χ0v) is 41.8. The summed E-state index contributed by atoms with van der Waals surface area (Å²) in [6.07, 6.45) is 27.4. The third-order valence-corrected chi connectivity index (χ3v) is 11.0. The van der Waals surface area contributed by atoms with Crippen molar-refractivity contribution < 1.29 is 39.5 Å². The molecule has 4 unspecified atom stereocenters. The van der Waals surface area contributed by atoms with Gasteiger partial charge in [-0.15, -0.1) is 0 Å². The van der Waals surface area contributed by atoms with Gasteiger partial charge in [-0.05, 0) is 88.2 Å². The molecule has 8 nitrogen and oxygen atoms in total. The van der Waals surface area contributed by atoms with E-state index in [4.69, 9.17) is 9.47 Å². The minimum atomic E-state index is -0.953. The van der Waals surface area contributed by atoms with Crippen molar-refractivity contribution in [2.24, 2.45) is 0 Å². The van der Waals surface area contributed by atoms with E-state index in [0.29, 0.717) is 38.3 Å². The summed E-state index contributed by atoms with van der Waals surface area (Å²) >= 11 is 0. The van der Waals surface area contributed by atoms with Crippen molar-refractivity contribution in [3.05, 3.63) is 71.8 Å². The van der Waals surface area contributed by atoms with Gasteiger partial charge in [-0.3, -0.25) is 0 Å². The number of aliphatic hydroxyl groups is 2. The van der Waals surface area contributed by atoms with E-state index in [9.17, 15) is 30.0 Å². The van der Waals surface area contributed by atoms with Crippen LogP contribution in [0.15, 0.2) is 60.7 Å². The molecule has 0 aliphatic heterocycles. The molecular weight excluding hydrogens is 866 g/mol. The van der Waals surface area contributed by atoms with Gasteiger partial charge in [0.15, 0.2) is 0 Å². The number of unbranched alkanes of at least 4 members (excludes halogenated alkanes) is 14. The first-order chi connectivity index (χ1) is 28.2. The van der Waals surface area contributed by atoms with Crippen LogP contribution in [-0.4, -0.2) is 95.4 Å². The standard InChI is InChI=1S/2C25H42O4.Ba/c2*1-2-24(29-21-22-15-9-8-10-16-22)19-13-7-6-12-18-23(26)17-11-4-3-5-14-20-25(27)28;/h2*8-10,15-16,23-24,26H,2-7,11-14,17-21H2,1H3,(H,27,28);/q;;+2/p-2. The van der Waals surface area contributed by atoms with Crippen LogP contribution in [0, 0.1) is 0 Å². The van der Waals surface area contributed by atoms with Crippen molar-refractivity contribution in [3.63, 3.8) is 0 Å². The average Bonchev–Trinajstić information content (AvgIpc) is 3.22. The Labute approximate surface area is 400 Å². The number of aliphatic carboxylic acids is 2. The molecule has 0 amide bonds. The maximum Gasteiger partial charge on any atom is 2.00 e. The number of hydrogen-bond acceptors (Lipinski definition) is 8. The number of ether oxygens (including phenoxy) is 2. The second-order valence-corrected chi connectivity index (χ2v) is 16.3. The number of rotatable bonds is 38. The minimum absolute atomic E-state index is 0. The molecule has 0 bridgehead atoms. The fourth-order valence-electron chi connectivity index (χ4n) is 7.25. The summed E-state index contributed by atoms with van der Waals surface area (Å²) in [6.45, 7) is 5.77. The van der Waals surface area contributed by atoms with Crippen molar-refractivity contribution in [2.45, 2.75) is 231 Å². The quantitative estimate of drug-likeness (QED) is 0.0501. The second-order valence-electron chi connectivity index (χ2n) is 16.3. The van der Waals surface area contributed by atoms with Crippen LogP contribution < -0.4 is 10.2 Å². The Morgan fingerprint density at radius 2 is 0.729 bits per heavy atom. The van der Waals surface area contributed by atoms with Gasteiger partial charge < -0.3 is 39.5 Å². The number of carboxylic acids is 2. The van der Waals surface area contributed by atoms with Gasteiger partial charge in [0, 0.05) is 11.9 Å². The number of hydrogen-bond donors (Lipinski definition) is 2. The molecule has 2 aromatic carbocycles. The van der Waals surface area contributed by atoms with Gasteiger partial charge in [-0.25, -0.2) is 0 Å². The number of carboxylic acid groups (broad SMARTS) is 2. The van der Waals surface area contributed by atoms with Gasteiger partial charge in [0.2, 0.25) is 0 Å². The topological polar surface area (TPSA) is 139 Å². The van der Waals surface area contributed by atoms with Crippen molar-refractivity contribution in [3.8, 4) is 0 Å². The number of carbonyl (C=O) groups is 2. The Balaban J connectivity index is 0.00000112. The van der Waals surface area contributed by atoms with E-state index in [0.717, 1.165) is 116 Å². The van der Waals surface area contributed by atoms with Crippen LogP contribution >= 0.6 is 0 Å². The minimum Gasteiger partial charge on any atom is -0.550 e. The molecule has 9 heteroatoms. The molecule has 2 N–H and O–H groups in total. The molecule has 0 fully saturated rings. The van der Waals surface area contributed by atoms with Crippen LogP contribution in [0.3, 0.4) is 0 Å². The molecular formula is C50H82BaO8. The SMILES string of the molecule is CCC(CCCCCCC(O)CCCCCCCC(=O)[O-])OCc1ccccc1.CCC(CCCCCCC(O)CCCCCCCC(=O)[O-])OCc1ccccc1.[Ba+2]. The Morgan fingerprint density at radius 1 is 0.458 bits per heavy atom. The molecule has 0 aliphatic carbocycles. The van der Waals surface area contributed by atoms with Crippen molar-refractivity contribution >= 4 is 60.8 Å². The van der Waals surface area contributed by atoms with Crippen LogP contribution in [0.1, 0.15) is 205 Å². The molecule has 0 heterocycles. The average molecular weight is 949 g/mol. The van der Waals surface area contributed by atoms with Crippen LogP contribution in [0.2, 0.25) is 0 Å². The van der Waals surface area contributed by atoms with E-state index in [1.54, 1.807) is 0 Å². The number of aliphatic hydroxyl groups excluding tert-OH is 2. The Kier molecular flexibility index (Phi) is 41.2. The molecule has 0 saturated heterocycles. The first-order valence-corrected chi connectivity index (χ1v) is 23.3. The molecule has 0 aromatic heterocycles. The molecule has 0 aliphatic rings. The summed E-state index contributed by atoms with van der Waals surface area (Å²) in [5.41, 5.74) is 2.47. The number of carbonyl (C=O) groups excluding carboxylic acids is 2. The first-order valence-electron chi connectivity index (χ1n) is 23.3. The zero-order chi connectivity index (χ0) is 42.3. The van der Waals surface area contributed by atoms with Crippen LogP contribution in [0.5, 0.6) is 0 Å². The molecule has 59 heavy (non-hydrogen) atoms. The largest absolute Gasteiger partial charge is 2.00 e. The van der Waals surface area contributed by atoms with Crippen molar-refractivity contribution in [1.29, 1.82) is 0 Å². The van der Waals surface area contributed by atoms with Gasteiger partial charge in [0.05, 0.1) is 37.6 Å². The van der Waals surface area contributed by atoms with Gasteiger partial charge in [0.25, 0.3) is 0 Å². The molecule has 0 spiro atoms. The predicted molar refractivity (Wildman–Crippen MR) is 238 cm³/mol. The molecule has 332 valence electrons. The normalized spacial score (nSPS) is 13.1. The van der Waals surface area contributed by atoms with Crippen LogP contribution in [-0.2, 0) is 32.3 Å². The molecule has 2 rings (SSSR count). The monoisotopic (exact) mass is 949 g/mol. The van der Waals surface area contributed by atoms with Crippen molar-refractivity contribution in [1.82, 2.24) is 0 Å². The third kappa shape index (κ3) is 38.2. The smallest absolute Gasteiger partial charge is 0.550 e. The molecule has 4 atom stereocenters. The zero-order valence-electron chi connectivity index (χ0n) is 37.3. The third-order valence-electron chi connectivity index (χ3n) is 11.0. The molecule has 0 saturated carbocycles. The Bertz CT molecular complexity index is 1110. The maximum atomic E-state index is 10.3. The summed E-state index contributed by atoms with van der Waals surface area (Å²) in [5.74, 6) is -1.91. The fourth-order valence-corrected chi connectivity index (χ4v) is 7.25. The van der Waals surface area contributed by atoms with Crippen LogP contribution in [0.4, 0.5) is 0 Å². The van der Waals surface area contributed by atoms with Gasteiger partial charge in [-0.1, -0.05) is 177 Å². The van der Waals surface area contributed by atoms with E-state index < -0.39 is 11.9 Å². The van der Waals surface area contributed by atoms with E-state index in [2.05, 4.69) is 62.4 Å². The summed E-state index contributed by atoms with van der Waals surface area (Å²) in [5, 5.41) is 40.8. The summed E-state index contributed by atoms with van der Waals surface area (Å²) in [7, 11) is 0. The van der Waals surface area contributed by atoms with Crippen LogP contribution in [0.25, 0.3) is 0 Å². The predicted octanol–water partition coefficient (Wildman–Crippen LogP) is 9.95. The van der Waals surface area contributed by atoms with E-state index in [1.807, 2.05) is 12.1 Å². The van der Waals surface area contributed by atoms with Crippen molar-refractivity contribution in [2.75, 3.05) is 0 Å². The first kappa shape index (κ1) is 57.8. The Hall–Kier alpha value is -1.21. The van der Waals surface area contributed by atoms with E-state index >= 15 is 0 Å². The summed E-state index contributed by atoms with van der Waals surface area (Å²) in [6, 6.07) is 20.7. The second kappa shape index (κ2) is 42.1. The van der Waals surface area contributed by atoms with Gasteiger partial charge >= 0.3 is 48.9 Å². The van der Waals surface area contributed by atoms with Gasteiger partial charge in [-0.2, -0.15) is 0 Å². The van der Waals surface area contributed by atoms with E-state index in [-0.39, 0.29) is 73.9 Å². The molecule has 2 aromatic rings. The maximum absolute atomic E-state index is 10.3. The van der Waals surface area contributed by atoms with E-state index in [1.165, 1.54) is 49.7 Å². The number of benzene rings is 2. The molecule has 0 radical (unpaired) electrons. The summed E-state index contributed by atoms with van der Waals surface area (Å²) in [4.78, 5) is 20.6. The Morgan fingerprint density at radius 3 is 1.02 bits per heavy atom.